The normalized spacial score (nSPS) is 10.9. The Balaban J connectivity index is 1.74. The molecule has 1 heterocycles. The summed E-state index contributed by atoms with van der Waals surface area (Å²) in [6, 6.07) is 16.4. The van der Waals surface area contributed by atoms with Gasteiger partial charge in [-0.2, -0.15) is 10.4 Å². The third-order valence-corrected chi connectivity index (χ3v) is 4.56. The summed E-state index contributed by atoms with van der Waals surface area (Å²) >= 11 is 7.24. The SMILES string of the molecule is CC(=O)Nc1ccc(N/N=C(\C#N)c2nc(-c3ccc(Cl)cc3)cs2)cc1. The Kier molecular flexibility index (Phi) is 5.81. The highest BCUT2D eigenvalue weighted by molar-refractivity contribution is 7.12. The van der Waals surface area contributed by atoms with E-state index in [0.29, 0.717) is 21.4 Å². The van der Waals surface area contributed by atoms with Crippen LogP contribution in [0.3, 0.4) is 0 Å². The molecule has 0 aliphatic rings. The molecule has 0 radical (unpaired) electrons. The number of hydrazone groups is 1. The number of rotatable bonds is 5. The summed E-state index contributed by atoms with van der Waals surface area (Å²) in [7, 11) is 0. The zero-order valence-electron chi connectivity index (χ0n) is 14.2. The van der Waals surface area contributed by atoms with E-state index in [2.05, 4.69) is 26.9 Å². The summed E-state index contributed by atoms with van der Waals surface area (Å²) in [6.07, 6.45) is 0. The van der Waals surface area contributed by atoms with E-state index in [1.807, 2.05) is 17.5 Å². The number of nitrogens with one attached hydrogen (secondary N) is 2. The molecule has 1 aromatic heterocycles. The molecule has 2 aromatic carbocycles. The molecule has 134 valence electrons. The minimum Gasteiger partial charge on any atom is -0.326 e. The predicted molar refractivity (Wildman–Crippen MR) is 109 cm³/mol. The maximum absolute atomic E-state index is 11.0. The fourth-order valence-corrected chi connectivity index (χ4v) is 3.10. The standard InChI is InChI=1S/C19H14ClN5OS/c1-12(26)22-15-6-8-16(9-7-15)24-25-17(10-21)19-23-18(11-27-19)13-2-4-14(20)5-3-13/h2-9,11,24H,1H3,(H,22,26)/b25-17+. The van der Waals surface area contributed by atoms with Crippen molar-refractivity contribution < 1.29 is 4.79 Å². The van der Waals surface area contributed by atoms with E-state index in [1.54, 1.807) is 36.4 Å². The van der Waals surface area contributed by atoms with Gasteiger partial charge >= 0.3 is 0 Å². The Labute approximate surface area is 165 Å². The molecule has 0 aliphatic heterocycles. The molecule has 0 fully saturated rings. The summed E-state index contributed by atoms with van der Waals surface area (Å²) in [6.45, 7) is 1.45. The monoisotopic (exact) mass is 395 g/mol. The number of amides is 1. The summed E-state index contributed by atoms with van der Waals surface area (Å²) in [5, 5.41) is 19.3. The average Bonchev–Trinajstić information content (AvgIpc) is 3.14. The highest BCUT2D eigenvalue weighted by Gasteiger charge is 2.10. The Morgan fingerprint density at radius 2 is 1.81 bits per heavy atom. The van der Waals surface area contributed by atoms with Crippen LogP contribution in [0.25, 0.3) is 11.3 Å². The van der Waals surface area contributed by atoms with Crippen molar-refractivity contribution in [2.75, 3.05) is 10.7 Å². The van der Waals surface area contributed by atoms with Gasteiger partial charge < -0.3 is 5.32 Å². The zero-order chi connectivity index (χ0) is 19.2. The molecule has 3 aromatic rings. The van der Waals surface area contributed by atoms with Gasteiger partial charge in [0.25, 0.3) is 0 Å². The van der Waals surface area contributed by atoms with E-state index in [4.69, 9.17) is 11.6 Å². The van der Waals surface area contributed by atoms with Gasteiger partial charge in [-0.3, -0.25) is 10.2 Å². The second-order valence-corrected chi connectivity index (χ2v) is 6.78. The van der Waals surface area contributed by atoms with Gasteiger partial charge in [-0.25, -0.2) is 4.98 Å². The number of thiazole rings is 1. The van der Waals surface area contributed by atoms with E-state index in [-0.39, 0.29) is 11.6 Å². The van der Waals surface area contributed by atoms with Crippen molar-refractivity contribution in [2.24, 2.45) is 5.10 Å². The molecular weight excluding hydrogens is 382 g/mol. The van der Waals surface area contributed by atoms with Crippen molar-refractivity contribution in [3.05, 3.63) is 63.9 Å². The first-order valence-electron chi connectivity index (χ1n) is 7.88. The van der Waals surface area contributed by atoms with E-state index in [1.165, 1.54) is 18.3 Å². The number of nitrogens with zero attached hydrogens (tertiary/aromatic N) is 3. The highest BCUT2D eigenvalue weighted by Crippen LogP contribution is 2.24. The molecule has 0 saturated heterocycles. The van der Waals surface area contributed by atoms with Crippen LogP contribution in [0.1, 0.15) is 11.9 Å². The minimum absolute atomic E-state index is 0.138. The third-order valence-electron chi connectivity index (χ3n) is 3.45. The molecule has 0 aliphatic carbocycles. The fraction of sp³-hybridized carbons (Fsp3) is 0.0526. The molecule has 0 atom stereocenters. The van der Waals surface area contributed by atoms with Crippen LogP contribution in [0.15, 0.2) is 59.0 Å². The van der Waals surface area contributed by atoms with Crippen LogP contribution in [-0.2, 0) is 4.79 Å². The third kappa shape index (κ3) is 4.91. The molecule has 1 amide bonds. The average molecular weight is 396 g/mol. The van der Waals surface area contributed by atoms with Gasteiger partial charge in [0.05, 0.1) is 11.4 Å². The molecular formula is C19H14ClN5OS. The number of aromatic nitrogens is 1. The first kappa shape index (κ1) is 18.6. The predicted octanol–water partition coefficient (Wildman–Crippen LogP) is 4.76. The molecule has 3 rings (SSSR count). The number of hydrogen-bond donors (Lipinski definition) is 2. The van der Waals surface area contributed by atoms with Crippen LogP contribution in [0, 0.1) is 11.3 Å². The van der Waals surface area contributed by atoms with Crippen LogP contribution < -0.4 is 10.7 Å². The van der Waals surface area contributed by atoms with Crippen LogP contribution in [-0.4, -0.2) is 16.6 Å². The zero-order valence-corrected chi connectivity index (χ0v) is 15.8. The number of carbonyl (C=O) groups is 1. The maximum atomic E-state index is 11.0. The largest absolute Gasteiger partial charge is 0.326 e. The number of benzene rings is 2. The van der Waals surface area contributed by atoms with Gasteiger partial charge in [0.2, 0.25) is 5.91 Å². The lowest BCUT2D eigenvalue weighted by molar-refractivity contribution is -0.114. The molecule has 2 N–H and O–H groups in total. The molecule has 6 nitrogen and oxygen atoms in total. The van der Waals surface area contributed by atoms with Gasteiger partial charge in [0.15, 0.2) is 10.7 Å². The Morgan fingerprint density at radius 1 is 1.15 bits per heavy atom. The summed E-state index contributed by atoms with van der Waals surface area (Å²) in [5.74, 6) is -0.138. The lowest BCUT2D eigenvalue weighted by atomic mass is 10.2. The van der Waals surface area contributed by atoms with Crippen LogP contribution in [0.2, 0.25) is 5.02 Å². The molecule has 27 heavy (non-hydrogen) atoms. The van der Waals surface area contributed by atoms with E-state index < -0.39 is 0 Å². The van der Waals surface area contributed by atoms with Gasteiger partial charge in [0, 0.05) is 28.6 Å². The number of halogens is 1. The van der Waals surface area contributed by atoms with Crippen molar-refractivity contribution in [3.8, 4) is 17.3 Å². The topological polar surface area (TPSA) is 90.2 Å². The fourth-order valence-electron chi connectivity index (χ4n) is 2.21. The van der Waals surface area contributed by atoms with Crippen LogP contribution in [0.5, 0.6) is 0 Å². The summed E-state index contributed by atoms with van der Waals surface area (Å²) < 4.78 is 0. The van der Waals surface area contributed by atoms with Crippen molar-refractivity contribution >= 4 is 45.9 Å². The highest BCUT2D eigenvalue weighted by atomic mass is 35.5. The molecule has 8 heteroatoms. The Bertz CT molecular complexity index is 1020. The van der Waals surface area contributed by atoms with Gasteiger partial charge in [0.1, 0.15) is 6.07 Å². The number of carbonyl (C=O) groups excluding carboxylic acids is 1. The lowest BCUT2D eigenvalue weighted by Crippen LogP contribution is -2.05. The van der Waals surface area contributed by atoms with Gasteiger partial charge in [-0.1, -0.05) is 23.7 Å². The van der Waals surface area contributed by atoms with Crippen molar-refractivity contribution in [1.82, 2.24) is 4.98 Å². The number of anilines is 2. The minimum atomic E-state index is -0.138. The summed E-state index contributed by atoms with van der Waals surface area (Å²) in [5.41, 5.74) is 6.07. The first-order chi connectivity index (χ1) is 13.0. The van der Waals surface area contributed by atoms with Crippen LogP contribution >= 0.6 is 22.9 Å². The number of nitriles is 1. The molecule has 0 spiro atoms. The van der Waals surface area contributed by atoms with E-state index in [9.17, 15) is 10.1 Å². The van der Waals surface area contributed by atoms with E-state index in [0.717, 1.165) is 11.3 Å². The number of hydrogen-bond acceptors (Lipinski definition) is 6. The summed E-state index contributed by atoms with van der Waals surface area (Å²) in [4.78, 5) is 15.5. The second-order valence-electron chi connectivity index (χ2n) is 5.49. The Morgan fingerprint density at radius 3 is 2.44 bits per heavy atom. The molecule has 0 unspecified atom stereocenters. The maximum Gasteiger partial charge on any atom is 0.221 e. The van der Waals surface area contributed by atoms with Crippen LogP contribution in [0.4, 0.5) is 11.4 Å². The second kappa shape index (κ2) is 8.45. The quantitative estimate of drug-likeness (QED) is 0.481. The van der Waals surface area contributed by atoms with Crippen molar-refractivity contribution in [1.29, 1.82) is 5.26 Å². The van der Waals surface area contributed by atoms with Crippen molar-refractivity contribution in [2.45, 2.75) is 6.92 Å². The van der Waals surface area contributed by atoms with Crippen molar-refractivity contribution in [3.63, 3.8) is 0 Å². The first-order valence-corrected chi connectivity index (χ1v) is 9.14. The van der Waals surface area contributed by atoms with Gasteiger partial charge in [-0.05, 0) is 36.4 Å². The molecule has 0 saturated carbocycles. The lowest BCUT2D eigenvalue weighted by Gasteiger charge is -2.04. The Hall–Kier alpha value is -3.21. The van der Waals surface area contributed by atoms with E-state index >= 15 is 0 Å². The smallest absolute Gasteiger partial charge is 0.221 e. The molecule has 0 bridgehead atoms. The van der Waals surface area contributed by atoms with Gasteiger partial charge in [-0.15, -0.1) is 11.3 Å².